The molecule has 1 aliphatic rings. The molecule has 0 spiro atoms. The van der Waals surface area contributed by atoms with E-state index >= 15 is 0 Å². The molecule has 0 radical (unpaired) electrons. The minimum Gasteiger partial charge on any atom is -0.401 e. The predicted molar refractivity (Wildman–Crippen MR) is 108 cm³/mol. The van der Waals surface area contributed by atoms with Crippen LogP contribution in [0.15, 0.2) is 40.7 Å². The number of nitrogens with zero attached hydrogens (tertiary/aromatic N) is 4. The van der Waals surface area contributed by atoms with Crippen molar-refractivity contribution in [3.05, 3.63) is 40.6 Å². The highest BCUT2D eigenvalue weighted by molar-refractivity contribution is 7.99. The van der Waals surface area contributed by atoms with Crippen LogP contribution in [0.25, 0.3) is 11.4 Å². The van der Waals surface area contributed by atoms with E-state index < -0.39 is 0 Å². The lowest BCUT2D eigenvalue weighted by molar-refractivity contribution is -0.112. The Bertz CT molecular complexity index is 923. The van der Waals surface area contributed by atoms with Crippen LogP contribution in [-0.4, -0.2) is 39.0 Å². The van der Waals surface area contributed by atoms with Crippen LogP contribution in [-0.2, 0) is 16.1 Å². The lowest BCUT2D eigenvalue weighted by atomic mass is 10.2. The largest absolute Gasteiger partial charge is 0.401 e. The van der Waals surface area contributed by atoms with Crippen molar-refractivity contribution in [1.82, 2.24) is 14.8 Å². The van der Waals surface area contributed by atoms with E-state index in [1.165, 1.54) is 11.8 Å². The lowest BCUT2D eigenvalue weighted by Crippen LogP contribution is -2.17. The van der Waals surface area contributed by atoms with Crippen molar-refractivity contribution in [2.45, 2.75) is 37.6 Å². The number of allylic oxidation sites excluding steroid dienone is 2. The zero-order valence-electron chi connectivity index (χ0n) is 15.4. The quantitative estimate of drug-likeness (QED) is 0.418. The fourth-order valence-corrected chi connectivity index (χ4v) is 3.88. The van der Waals surface area contributed by atoms with Gasteiger partial charge in [0, 0.05) is 22.9 Å². The lowest BCUT2D eigenvalue weighted by Gasteiger charge is -2.14. The predicted octanol–water partition coefficient (Wildman–Crippen LogP) is 3.19. The highest BCUT2D eigenvalue weighted by atomic mass is 35.5. The second-order valence-electron chi connectivity index (χ2n) is 6.44. The molecule has 3 rings (SSSR count). The van der Waals surface area contributed by atoms with Crippen molar-refractivity contribution in [1.29, 1.82) is 5.26 Å². The van der Waals surface area contributed by atoms with Crippen molar-refractivity contribution in [3.63, 3.8) is 0 Å². The van der Waals surface area contributed by atoms with E-state index in [2.05, 4.69) is 10.2 Å². The van der Waals surface area contributed by atoms with E-state index in [-0.39, 0.29) is 28.9 Å². The minimum atomic E-state index is -0.327. The van der Waals surface area contributed by atoms with Crippen molar-refractivity contribution in [3.8, 4) is 17.5 Å². The van der Waals surface area contributed by atoms with Crippen LogP contribution < -0.4 is 5.73 Å². The Kier molecular flexibility index (Phi) is 6.73. The molecule has 0 saturated carbocycles. The molecule has 1 aromatic carbocycles. The topological polar surface area (TPSA) is 107 Å². The number of thioether (sulfide) groups is 1. The number of halogens is 1. The van der Waals surface area contributed by atoms with Crippen LogP contribution >= 0.6 is 23.4 Å². The van der Waals surface area contributed by atoms with Crippen LogP contribution in [0.3, 0.4) is 0 Å². The molecule has 7 nitrogen and oxygen atoms in total. The van der Waals surface area contributed by atoms with Gasteiger partial charge < -0.3 is 10.5 Å². The summed E-state index contributed by atoms with van der Waals surface area (Å²) in [6.07, 6.45) is 2.07. The first kappa shape index (κ1) is 20.4. The molecule has 1 aliphatic heterocycles. The van der Waals surface area contributed by atoms with Gasteiger partial charge >= 0.3 is 0 Å². The van der Waals surface area contributed by atoms with E-state index in [0.29, 0.717) is 22.5 Å². The summed E-state index contributed by atoms with van der Waals surface area (Å²) >= 11 is 7.23. The summed E-state index contributed by atoms with van der Waals surface area (Å²) in [5.74, 6) is 0.419. The smallest absolute Gasteiger partial charge is 0.192 e. The van der Waals surface area contributed by atoms with Crippen molar-refractivity contribution in [2.75, 3.05) is 12.4 Å². The molecule has 1 unspecified atom stereocenters. The van der Waals surface area contributed by atoms with E-state index in [1.54, 1.807) is 19.1 Å². The molecule has 1 aromatic heterocycles. The van der Waals surface area contributed by atoms with Gasteiger partial charge in [-0.2, -0.15) is 5.26 Å². The van der Waals surface area contributed by atoms with Gasteiger partial charge in [-0.15, -0.1) is 10.2 Å². The second-order valence-corrected chi connectivity index (χ2v) is 7.82. The molecule has 0 amide bonds. The molecular weight excluding hydrogens is 398 g/mol. The fourth-order valence-electron chi connectivity index (χ4n) is 2.94. The molecule has 9 heteroatoms. The Balaban J connectivity index is 1.86. The first-order valence-corrected chi connectivity index (χ1v) is 10.2. The minimum absolute atomic E-state index is 0.0179. The molecule has 0 bridgehead atoms. The average Bonchev–Trinajstić information content (AvgIpc) is 3.31. The first-order valence-electron chi connectivity index (χ1n) is 8.82. The summed E-state index contributed by atoms with van der Waals surface area (Å²) in [5.41, 5.74) is 6.69. The fraction of sp³-hybridized carbons (Fsp3) is 0.368. The Hall–Kier alpha value is -2.34. The third-order valence-electron chi connectivity index (χ3n) is 4.35. The molecule has 1 saturated heterocycles. The Morgan fingerprint density at radius 3 is 2.79 bits per heavy atom. The average molecular weight is 418 g/mol. The third-order valence-corrected chi connectivity index (χ3v) is 5.57. The van der Waals surface area contributed by atoms with Gasteiger partial charge in [0.15, 0.2) is 16.8 Å². The van der Waals surface area contributed by atoms with E-state index in [1.807, 2.05) is 22.8 Å². The maximum absolute atomic E-state index is 12.3. The van der Waals surface area contributed by atoms with Gasteiger partial charge in [-0.25, -0.2) is 0 Å². The standard InChI is InChI=1S/C19H20ClN5O2S/c1-12(22)16(9-21)17(26)11-28-19-24-23-18(13-4-6-14(20)7-5-13)25(19)10-15-3-2-8-27-15/h4-7,15H,2-3,8,10-11,22H2,1H3/b16-12-. The highest BCUT2D eigenvalue weighted by Crippen LogP contribution is 2.27. The normalized spacial score (nSPS) is 17.2. The van der Waals surface area contributed by atoms with E-state index in [4.69, 9.17) is 27.3 Å². The molecule has 1 atom stereocenters. The number of aromatic nitrogens is 3. The van der Waals surface area contributed by atoms with Gasteiger partial charge in [-0.1, -0.05) is 23.4 Å². The van der Waals surface area contributed by atoms with Crippen LogP contribution in [0.5, 0.6) is 0 Å². The van der Waals surface area contributed by atoms with Gasteiger partial charge in [0.25, 0.3) is 0 Å². The van der Waals surface area contributed by atoms with E-state index in [0.717, 1.165) is 25.0 Å². The van der Waals surface area contributed by atoms with Crippen LogP contribution in [0, 0.1) is 11.3 Å². The van der Waals surface area contributed by atoms with Gasteiger partial charge in [-0.05, 0) is 44.0 Å². The Morgan fingerprint density at radius 2 is 2.18 bits per heavy atom. The summed E-state index contributed by atoms with van der Waals surface area (Å²) in [4.78, 5) is 12.3. The number of Topliss-reactive ketones (excluding diaryl/α,β-unsaturated/α-hetero) is 1. The Labute approximate surface area is 172 Å². The van der Waals surface area contributed by atoms with Gasteiger partial charge in [0.05, 0.1) is 18.4 Å². The van der Waals surface area contributed by atoms with Gasteiger partial charge in [-0.3, -0.25) is 9.36 Å². The third kappa shape index (κ3) is 4.73. The summed E-state index contributed by atoms with van der Waals surface area (Å²) in [7, 11) is 0. The summed E-state index contributed by atoms with van der Waals surface area (Å²) in [6.45, 7) is 2.88. The molecule has 0 aliphatic carbocycles. The molecule has 2 aromatic rings. The number of carbonyl (C=O) groups is 1. The first-order chi connectivity index (χ1) is 13.5. The molecule has 146 valence electrons. The maximum Gasteiger partial charge on any atom is 0.192 e. The van der Waals surface area contributed by atoms with Crippen LogP contribution in [0.4, 0.5) is 0 Å². The van der Waals surface area contributed by atoms with Crippen LogP contribution in [0.1, 0.15) is 19.8 Å². The number of nitrogens with two attached hydrogens (primary N) is 1. The van der Waals surface area contributed by atoms with Gasteiger partial charge in [0.1, 0.15) is 11.6 Å². The molecular formula is C19H20ClN5O2S. The zero-order valence-corrected chi connectivity index (χ0v) is 17.0. The molecule has 2 N–H and O–H groups in total. The Morgan fingerprint density at radius 1 is 1.43 bits per heavy atom. The van der Waals surface area contributed by atoms with Crippen molar-refractivity contribution < 1.29 is 9.53 Å². The number of ketones is 1. The number of carbonyl (C=O) groups excluding carboxylic acids is 1. The molecule has 1 fully saturated rings. The van der Waals surface area contributed by atoms with Crippen molar-refractivity contribution >= 4 is 29.1 Å². The number of nitriles is 1. The van der Waals surface area contributed by atoms with Crippen molar-refractivity contribution in [2.24, 2.45) is 5.73 Å². The zero-order chi connectivity index (χ0) is 20.1. The second kappa shape index (κ2) is 9.24. The molecule has 2 heterocycles. The number of hydrogen-bond donors (Lipinski definition) is 1. The SMILES string of the molecule is C/C(N)=C(\C#N)C(=O)CSc1nnc(-c2ccc(Cl)cc2)n1CC1CCCO1. The monoisotopic (exact) mass is 417 g/mol. The number of hydrogen-bond acceptors (Lipinski definition) is 7. The summed E-state index contributed by atoms with van der Waals surface area (Å²) < 4.78 is 7.72. The number of ether oxygens (including phenoxy) is 1. The maximum atomic E-state index is 12.3. The molecule has 28 heavy (non-hydrogen) atoms. The highest BCUT2D eigenvalue weighted by Gasteiger charge is 2.23. The van der Waals surface area contributed by atoms with Gasteiger partial charge in [0.2, 0.25) is 0 Å². The van der Waals surface area contributed by atoms with E-state index in [9.17, 15) is 4.79 Å². The summed E-state index contributed by atoms with van der Waals surface area (Å²) in [5, 5.41) is 18.9. The number of rotatable bonds is 7. The van der Waals surface area contributed by atoms with Crippen LogP contribution in [0.2, 0.25) is 5.02 Å². The summed E-state index contributed by atoms with van der Waals surface area (Å²) in [6, 6.07) is 9.22. The number of benzene rings is 1.